The number of ether oxygens (including phenoxy) is 1. The van der Waals surface area contributed by atoms with Gasteiger partial charge in [-0.15, -0.1) is 0 Å². The number of hydrogen-bond donors (Lipinski definition) is 1. The van der Waals surface area contributed by atoms with E-state index in [1.165, 1.54) is 7.11 Å². The number of esters is 1. The fourth-order valence-electron chi connectivity index (χ4n) is 2.22. The van der Waals surface area contributed by atoms with E-state index in [1.54, 1.807) is 24.3 Å². The van der Waals surface area contributed by atoms with Crippen molar-refractivity contribution in [3.63, 3.8) is 0 Å². The van der Waals surface area contributed by atoms with Crippen molar-refractivity contribution in [1.82, 2.24) is 5.32 Å². The van der Waals surface area contributed by atoms with E-state index in [0.29, 0.717) is 10.6 Å². The maximum Gasteiger partial charge on any atom is 0.307 e. The summed E-state index contributed by atoms with van der Waals surface area (Å²) in [5.74, 6) is -1.61. The van der Waals surface area contributed by atoms with Gasteiger partial charge in [-0.05, 0) is 11.6 Å². The summed E-state index contributed by atoms with van der Waals surface area (Å²) in [5.41, 5.74) is 0.571. The number of nitrogens with zero attached hydrogens (tertiary/aromatic N) is 1. The van der Waals surface area contributed by atoms with Gasteiger partial charge in [-0.25, -0.2) is 0 Å². The maximum atomic E-state index is 12.1. The van der Waals surface area contributed by atoms with Gasteiger partial charge in [-0.3, -0.25) is 19.7 Å². The van der Waals surface area contributed by atoms with E-state index in [1.807, 2.05) is 0 Å². The zero-order chi connectivity index (χ0) is 16.3. The van der Waals surface area contributed by atoms with Gasteiger partial charge < -0.3 is 10.1 Å². The van der Waals surface area contributed by atoms with Gasteiger partial charge in [0.15, 0.2) is 0 Å². The van der Waals surface area contributed by atoms with Crippen LogP contribution in [0.1, 0.15) is 24.4 Å². The van der Waals surface area contributed by atoms with Crippen molar-refractivity contribution in [3.05, 3.63) is 45.0 Å². The Morgan fingerprint density at radius 1 is 1.50 bits per heavy atom. The van der Waals surface area contributed by atoms with Crippen molar-refractivity contribution >= 4 is 23.5 Å². The Morgan fingerprint density at radius 3 is 2.73 bits per heavy atom. The molecule has 1 aromatic carbocycles. The van der Waals surface area contributed by atoms with Crippen LogP contribution in [-0.4, -0.2) is 30.0 Å². The molecule has 1 aromatic rings. The highest BCUT2D eigenvalue weighted by Crippen LogP contribution is 2.34. The molecule has 1 fully saturated rings. The molecule has 0 saturated heterocycles. The Morgan fingerprint density at radius 2 is 2.18 bits per heavy atom. The van der Waals surface area contributed by atoms with Crippen LogP contribution in [0.4, 0.5) is 0 Å². The smallest absolute Gasteiger partial charge is 0.307 e. The Labute approximate surface area is 131 Å². The fourth-order valence-corrected chi connectivity index (χ4v) is 2.49. The Hall–Kier alpha value is -2.15. The van der Waals surface area contributed by atoms with Crippen LogP contribution in [-0.2, 0) is 14.3 Å². The van der Waals surface area contributed by atoms with Crippen LogP contribution in [0.25, 0.3) is 0 Å². The van der Waals surface area contributed by atoms with Crippen molar-refractivity contribution in [2.75, 3.05) is 7.11 Å². The molecule has 1 aliphatic carbocycles. The van der Waals surface area contributed by atoms with E-state index >= 15 is 0 Å². The molecule has 2 rings (SSSR count). The first kappa shape index (κ1) is 16.2. The minimum absolute atomic E-state index is 0.0954. The molecule has 3 atom stereocenters. The third kappa shape index (κ3) is 3.73. The van der Waals surface area contributed by atoms with Crippen LogP contribution >= 0.6 is 11.6 Å². The number of nitro groups is 1. The number of halogens is 1. The van der Waals surface area contributed by atoms with Crippen LogP contribution in [0.15, 0.2) is 24.3 Å². The minimum Gasteiger partial charge on any atom is -0.469 e. The molecule has 0 spiro atoms. The summed E-state index contributed by atoms with van der Waals surface area (Å²) in [4.78, 5) is 33.8. The molecule has 3 unspecified atom stereocenters. The molecule has 0 aromatic heterocycles. The second kappa shape index (κ2) is 6.74. The second-order valence-electron chi connectivity index (χ2n) is 5.06. The van der Waals surface area contributed by atoms with E-state index in [9.17, 15) is 19.7 Å². The van der Waals surface area contributed by atoms with Crippen LogP contribution in [0.3, 0.4) is 0 Å². The average Bonchev–Trinajstić information content (AvgIpc) is 3.27. The van der Waals surface area contributed by atoms with Gasteiger partial charge >= 0.3 is 5.97 Å². The summed E-state index contributed by atoms with van der Waals surface area (Å²) in [5, 5.41) is 13.7. The molecule has 1 aliphatic rings. The predicted octanol–water partition coefficient (Wildman–Crippen LogP) is 1.73. The van der Waals surface area contributed by atoms with E-state index < -0.39 is 34.8 Å². The van der Waals surface area contributed by atoms with E-state index in [-0.39, 0.29) is 12.8 Å². The van der Waals surface area contributed by atoms with Gasteiger partial charge in [0, 0.05) is 16.4 Å². The maximum absolute atomic E-state index is 12.1. The molecule has 0 heterocycles. The minimum atomic E-state index is -0.843. The molecule has 0 bridgehead atoms. The number of carbonyl (C=O) groups is 2. The SMILES string of the molecule is COC(=O)CC(NC(=O)C1CC1[N+](=O)[O-])c1ccccc1Cl. The predicted molar refractivity (Wildman–Crippen MR) is 77.9 cm³/mol. The summed E-state index contributed by atoms with van der Waals surface area (Å²) in [6, 6.07) is 5.27. The van der Waals surface area contributed by atoms with Crippen molar-refractivity contribution < 1.29 is 19.2 Å². The second-order valence-corrected chi connectivity index (χ2v) is 5.47. The Bertz CT molecular complexity index is 607. The third-order valence-corrected chi connectivity index (χ3v) is 3.90. The molecule has 0 radical (unpaired) electrons. The van der Waals surface area contributed by atoms with Gasteiger partial charge in [0.1, 0.15) is 5.92 Å². The number of hydrogen-bond acceptors (Lipinski definition) is 5. The molecule has 118 valence electrons. The summed E-state index contributed by atoms with van der Waals surface area (Å²) in [6.45, 7) is 0. The number of carbonyl (C=O) groups excluding carboxylic acids is 2. The molecule has 22 heavy (non-hydrogen) atoms. The number of nitrogens with one attached hydrogen (secondary N) is 1. The van der Waals surface area contributed by atoms with Crippen molar-refractivity contribution in [2.24, 2.45) is 5.92 Å². The summed E-state index contributed by atoms with van der Waals surface area (Å²) in [7, 11) is 1.25. The normalized spacial score (nSPS) is 20.8. The molecule has 8 heteroatoms. The lowest BCUT2D eigenvalue weighted by Gasteiger charge is -2.19. The van der Waals surface area contributed by atoms with Gasteiger partial charge in [0.25, 0.3) is 0 Å². The largest absolute Gasteiger partial charge is 0.469 e. The highest BCUT2D eigenvalue weighted by atomic mass is 35.5. The molecule has 1 amide bonds. The van der Waals surface area contributed by atoms with Crippen LogP contribution in [0, 0.1) is 16.0 Å². The van der Waals surface area contributed by atoms with Crippen molar-refractivity contribution in [3.8, 4) is 0 Å². The monoisotopic (exact) mass is 326 g/mol. The average molecular weight is 327 g/mol. The first-order valence-corrected chi connectivity index (χ1v) is 7.07. The quantitative estimate of drug-likeness (QED) is 0.487. The zero-order valence-electron chi connectivity index (χ0n) is 11.8. The fraction of sp³-hybridized carbons (Fsp3) is 0.429. The number of rotatable bonds is 6. The van der Waals surface area contributed by atoms with Gasteiger partial charge in [0.2, 0.25) is 11.9 Å². The van der Waals surface area contributed by atoms with E-state index in [0.717, 1.165) is 0 Å². The van der Waals surface area contributed by atoms with Crippen LogP contribution in [0.5, 0.6) is 0 Å². The summed E-state index contributed by atoms with van der Waals surface area (Å²) in [6.07, 6.45) is 0.119. The van der Waals surface area contributed by atoms with Crippen LogP contribution in [0.2, 0.25) is 5.02 Å². The summed E-state index contributed by atoms with van der Waals surface area (Å²) >= 11 is 6.09. The van der Waals surface area contributed by atoms with Crippen LogP contribution < -0.4 is 5.32 Å². The van der Waals surface area contributed by atoms with E-state index in [2.05, 4.69) is 10.1 Å². The number of methoxy groups -OCH3 is 1. The highest BCUT2D eigenvalue weighted by Gasteiger charge is 2.53. The van der Waals surface area contributed by atoms with Crippen molar-refractivity contribution in [2.45, 2.75) is 24.9 Å². The first-order valence-electron chi connectivity index (χ1n) is 6.69. The molecular formula is C14H15ClN2O5. The first-order chi connectivity index (χ1) is 10.4. The Kier molecular flexibility index (Phi) is 4.97. The number of benzene rings is 1. The molecule has 1 N–H and O–H groups in total. The third-order valence-electron chi connectivity index (χ3n) is 3.56. The highest BCUT2D eigenvalue weighted by molar-refractivity contribution is 6.31. The lowest BCUT2D eigenvalue weighted by Crippen LogP contribution is -2.33. The number of amides is 1. The van der Waals surface area contributed by atoms with Gasteiger partial charge in [-0.1, -0.05) is 29.8 Å². The van der Waals surface area contributed by atoms with E-state index in [4.69, 9.17) is 11.6 Å². The van der Waals surface area contributed by atoms with Crippen molar-refractivity contribution in [1.29, 1.82) is 0 Å². The van der Waals surface area contributed by atoms with Gasteiger partial charge in [0.05, 0.1) is 19.6 Å². The molecular weight excluding hydrogens is 312 g/mol. The summed E-state index contributed by atoms with van der Waals surface area (Å²) < 4.78 is 4.62. The zero-order valence-corrected chi connectivity index (χ0v) is 12.6. The lowest BCUT2D eigenvalue weighted by atomic mass is 10.0. The molecule has 1 saturated carbocycles. The standard InChI is InChI=1S/C14H15ClN2O5/c1-22-13(18)7-11(8-4-2-3-5-10(8)15)16-14(19)9-6-12(9)17(20)21/h2-5,9,11-12H,6-7H2,1H3,(H,16,19). The molecule has 0 aliphatic heterocycles. The lowest BCUT2D eigenvalue weighted by molar-refractivity contribution is -0.497. The van der Waals surface area contributed by atoms with Gasteiger partial charge in [-0.2, -0.15) is 0 Å². The topological polar surface area (TPSA) is 98.5 Å². The Balaban J connectivity index is 2.12. The molecule has 7 nitrogen and oxygen atoms in total.